The maximum Gasteiger partial charge on any atom is 0.195 e. The number of hydrogen-bond donors (Lipinski definition) is 0. The first kappa shape index (κ1) is 9.55. The summed E-state index contributed by atoms with van der Waals surface area (Å²) in [6.07, 6.45) is 0. The van der Waals surface area contributed by atoms with Crippen LogP contribution in [0.5, 0.6) is 0 Å². The van der Waals surface area contributed by atoms with Crippen LogP contribution in [0.15, 0.2) is 47.3 Å². The van der Waals surface area contributed by atoms with Gasteiger partial charge in [0.2, 0.25) is 0 Å². The van der Waals surface area contributed by atoms with Crippen LogP contribution in [0, 0.1) is 6.92 Å². The van der Waals surface area contributed by atoms with E-state index in [9.17, 15) is 4.79 Å². The molecular formula is C14H10OS. The first-order valence-corrected chi connectivity index (χ1v) is 6.00. The van der Waals surface area contributed by atoms with Gasteiger partial charge in [0.05, 0.1) is 0 Å². The number of aryl methyl sites for hydroxylation is 1. The van der Waals surface area contributed by atoms with Crippen molar-refractivity contribution in [2.24, 2.45) is 0 Å². The summed E-state index contributed by atoms with van der Waals surface area (Å²) in [4.78, 5) is 12.2. The Hall–Kier alpha value is -1.67. The topological polar surface area (TPSA) is 17.1 Å². The van der Waals surface area contributed by atoms with E-state index in [-0.39, 0.29) is 5.43 Å². The summed E-state index contributed by atoms with van der Waals surface area (Å²) < 4.78 is 2.17. The molecule has 0 bridgehead atoms. The molecule has 0 saturated heterocycles. The lowest BCUT2D eigenvalue weighted by atomic mass is 10.1. The van der Waals surface area contributed by atoms with Crippen LogP contribution in [-0.4, -0.2) is 0 Å². The molecule has 0 unspecified atom stereocenters. The molecule has 3 rings (SSSR count). The van der Waals surface area contributed by atoms with Gasteiger partial charge in [0.25, 0.3) is 0 Å². The second kappa shape index (κ2) is 3.42. The van der Waals surface area contributed by atoms with E-state index < -0.39 is 0 Å². The van der Waals surface area contributed by atoms with Crippen LogP contribution < -0.4 is 5.43 Å². The molecular weight excluding hydrogens is 216 g/mol. The van der Waals surface area contributed by atoms with Gasteiger partial charge in [0.1, 0.15) is 0 Å². The van der Waals surface area contributed by atoms with Gasteiger partial charge in [-0.05, 0) is 30.7 Å². The fraction of sp³-hybridized carbons (Fsp3) is 0.0714. The van der Waals surface area contributed by atoms with E-state index in [2.05, 4.69) is 0 Å². The van der Waals surface area contributed by atoms with Gasteiger partial charge in [-0.1, -0.05) is 24.3 Å². The average molecular weight is 226 g/mol. The van der Waals surface area contributed by atoms with Gasteiger partial charge < -0.3 is 0 Å². The van der Waals surface area contributed by atoms with Crippen molar-refractivity contribution in [3.05, 3.63) is 58.3 Å². The van der Waals surface area contributed by atoms with Crippen LogP contribution in [0.1, 0.15) is 5.56 Å². The molecule has 0 saturated carbocycles. The lowest BCUT2D eigenvalue weighted by molar-refractivity contribution is 1.55. The molecule has 1 nitrogen and oxygen atoms in total. The standard InChI is InChI=1S/C14H10OS/c1-9-5-4-7-11-13(15)10-6-2-3-8-12(10)16-14(9)11/h2-8H,1H3. The lowest BCUT2D eigenvalue weighted by Crippen LogP contribution is -2.00. The first-order valence-electron chi connectivity index (χ1n) is 5.18. The van der Waals surface area contributed by atoms with Crippen LogP contribution in [0.4, 0.5) is 0 Å². The highest BCUT2D eigenvalue weighted by Crippen LogP contribution is 2.26. The summed E-state index contributed by atoms with van der Waals surface area (Å²) in [5.41, 5.74) is 1.32. The summed E-state index contributed by atoms with van der Waals surface area (Å²) in [6.45, 7) is 2.05. The average Bonchev–Trinajstić information content (AvgIpc) is 2.31. The Morgan fingerprint density at radius 3 is 2.56 bits per heavy atom. The molecule has 0 spiro atoms. The Balaban J connectivity index is 2.67. The molecule has 16 heavy (non-hydrogen) atoms. The van der Waals surface area contributed by atoms with E-state index in [1.807, 2.05) is 49.4 Å². The third-order valence-corrected chi connectivity index (χ3v) is 4.12. The highest BCUT2D eigenvalue weighted by Gasteiger charge is 2.06. The van der Waals surface area contributed by atoms with Crippen molar-refractivity contribution in [1.82, 2.24) is 0 Å². The summed E-state index contributed by atoms with van der Waals surface area (Å²) in [5, 5.41) is 1.66. The summed E-state index contributed by atoms with van der Waals surface area (Å²) in [5.74, 6) is 0. The molecule has 0 aliphatic heterocycles. The fourth-order valence-electron chi connectivity index (χ4n) is 1.97. The Bertz CT molecular complexity index is 740. The summed E-state index contributed by atoms with van der Waals surface area (Å²) >= 11 is 1.69. The Morgan fingerprint density at radius 1 is 0.938 bits per heavy atom. The zero-order valence-corrected chi connectivity index (χ0v) is 9.67. The van der Waals surface area contributed by atoms with Gasteiger partial charge in [-0.15, -0.1) is 11.3 Å². The van der Waals surface area contributed by atoms with Crippen molar-refractivity contribution in [2.75, 3.05) is 0 Å². The van der Waals surface area contributed by atoms with E-state index in [1.54, 1.807) is 11.3 Å². The monoisotopic (exact) mass is 226 g/mol. The molecule has 2 aromatic carbocycles. The van der Waals surface area contributed by atoms with Crippen LogP contribution in [-0.2, 0) is 0 Å². The Kier molecular flexibility index (Phi) is 2.04. The van der Waals surface area contributed by atoms with Gasteiger partial charge in [0, 0.05) is 20.2 Å². The number of hydrogen-bond acceptors (Lipinski definition) is 2. The van der Waals surface area contributed by atoms with E-state index >= 15 is 0 Å². The quantitative estimate of drug-likeness (QED) is 0.534. The van der Waals surface area contributed by atoms with Crippen molar-refractivity contribution >= 4 is 31.5 Å². The molecule has 1 heterocycles. The van der Waals surface area contributed by atoms with Crippen LogP contribution >= 0.6 is 11.3 Å². The predicted octanol–water partition coefficient (Wildman–Crippen LogP) is 3.72. The van der Waals surface area contributed by atoms with Gasteiger partial charge in [-0.2, -0.15) is 0 Å². The molecule has 0 radical (unpaired) electrons. The highest BCUT2D eigenvalue weighted by molar-refractivity contribution is 7.24. The van der Waals surface area contributed by atoms with Crippen molar-refractivity contribution in [1.29, 1.82) is 0 Å². The molecule has 0 aliphatic carbocycles. The highest BCUT2D eigenvalue weighted by atomic mass is 32.1. The minimum atomic E-state index is 0.146. The van der Waals surface area contributed by atoms with Gasteiger partial charge in [-0.25, -0.2) is 0 Å². The zero-order valence-electron chi connectivity index (χ0n) is 8.86. The molecule has 0 fully saturated rings. The zero-order chi connectivity index (χ0) is 11.1. The molecule has 0 N–H and O–H groups in total. The SMILES string of the molecule is Cc1cccc2c(=O)c3ccccc3sc12. The van der Waals surface area contributed by atoms with Crippen LogP contribution in [0.3, 0.4) is 0 Å². The van der Waals surface area contributed by atoms with Crippen molar-refractivity contribution in [3.63, 3.8) is 0 Å². The second-order valence-electron chi connectivity index (χ2n) is 3.88. The molecule has 0 atom stereocenters. The molecule has 1 aromatic heterocycles. The third kappa shape index (κ3) is 1.27. The van der Waals surface area contributed by atoms with Crippen molar-refractivity contribution in [2.45, 2.75) is 6.92 Å². The number of benzene rings is 2. The van der Waals surface area contributed by atoms with Gasteiger partial charge >= 0.3 is 0 Å². The molecule has 0 aliphatic rings. The van der Waals surface area contributed by atoms with Gasteiger partial charge in [-0.3, -0.25) is 4.79 Å². The maximum atomic E-state index is 12.2. The lowest BCUT2D eigenvalue weighted by Gasteiger charge is -2.02. The van der Waals surface area contributed by atoms with E-state index in [0.29, 0.717) is 0 Å². The van der Waals surface area contributed by atoms with Crippen LogP contribution in [0.25, 0.3) is 20.2 Å². The Labute approximate surface area is 97.0 Å². The van der Waals surface area contributed by atoms with Crippen LogP contribution in [0.2, 0.25) is 0 Å². The minimum Gasteiger partial charge on any atom is -0.289 e. The fourth-order valence-corrected chi connectivity index (χ4v) is 3.10. The summed E-state index contributed by atoms with van der Waals surface area (Å²) in [6, 6.07) is 13.7. The largest absolute Gasteiger partial charge is 0.289 e. The second-order valence-corrected chi connectivity index (χ2v) is 4.93. The molecule has 2 heteroatoms. The third-order valence-electron chi connectivity index (χ3n) is 2.80. The minimum absolute atomic E-state index is 0.146. The van der Waals surface area contributed by atoms with E-state index in [1.165, 1.54) is 5.56 Å². The van der Waals surface area contributed by atoms with Gasteiger partial charge in [0.15, 0.2) is 5.43 Å². The number of fused-ring (bicyclic) bond motifs is 2. The molecule has 78 valence electrons. The van der Waals surface area contributed by atoms with Crippen molar-refractivity contribution in [3.8, 4) is 0 Å². The maximum absolute atomic E-state index is 12.2. The first-order chi connectivity index (χ1) is 7.77. The summed E-state index contributed by atoms with van der Waals surface area (Å²) in [7, 11) is 0. The molecule has 0 amide bonds. The smallest absolute Gasteiger partial charge is 0.195 e. The Morgan fingerprint density at radius 2 is 1.69 bits per heavy atom. The molecule has 3 aromatic rings. The van der Waals surface area contributed by atoms with E-state index in [0.717, 1.165) is 20.2 Å². The van der Waals surface area contributed by atoms with E-state index in [4.69, 9.17) is 0 Å². The predicted molar refractivity (Wildman–Crippen MR) is 70.3 cm³/mol. The number of rotatable bonds is 0. The van der Waals surface area contributed by atoms with Crippen molar-refractivity contribution < 1.29 is 0 Å². The normalized spacial score (nSPS) is 11.1.